The second kappa shape index (κ2) is 5.33. The number of sulfone groups is 1. The first kappa shape index (κ1) is 13.4. The van der Waals surface area contributed by atoms with Gasteiger partial charge in [0.05, 0.1) is 0 Å². The SMILES string of the molecule is CS(=O)(=O)c1cc(Nc2cccc(CN)c2)ncn1. The highest BCUT2D eigenvalue weighted by molar-refractivity contribution is 7.90. The van der Waals surface area contributed by atoms with Gasteiger partial charge in [-0.15, -0.1) is 0 Å². The predicted octanol–water partition coefficient (Wildman–Crippen LogP) is 1.08. The van der Waals surface area contributed by atoms with Crippen LogP contribution < -0.4 is 11.1 Å². The maximum absolute atomic E-state index is 11.4. The number of nitrogens with zero attached hydrogens (tertiary/aromatic N) is 2. The molecule has 0 saturated carbocycles. The molecule has 3 N–H and O–H groups in total. The van der Waals surface area contributed by atoms with E-state index in [-0.39, 0.29) is 5.03 Å². The van der Waals surface area contributed by atoms with Crippen LogP contribution in [0.1, 0.15) is 5.56 Å². The van der Waals surface area contributed by atoms with Gasteiger partial charge < -0.3 is 11.1 Å². The highest BCUT2D eigenvalue weighted by atomic mass is 32.2. The molecule has 0 aliphatic heterocycles. The monoisotopic (exact) mass is 278 g/mol. The minimum Gasteiger partial charge on any atom is -0.340 e. The lowest BCUT2D eigenvalue weighted by molar-refractivity contribution is 0.598. The number of benzene rings is 1. The lowest BCUT2D eigenvalue weighted by atomic mass is 10.2. The van der Waals surface area contributed by atoms with Gasteiger partial charge >= 0.3 is 0 Å². The third kappa shape index (κ3) is 3.49. The van der Waals surface area contributed by atoms with Crippen LogP contribution in [0.15, 0.2) is 41.7 Å². The van der Waals surface area contributed by atoms with Crippen LogP contribution in [0.5, 0.6) is 0 Å². The highest BCUT2D eigenvalue weighted by Crippen LogP contribution is 2.17. The summed E-state index contributed by atoms with van der Waals surface area (Å²) in [6.45, 7) is 0.438. The van der Waals surface area contributed by atoms with Crippen molar-refractivity contribution in [1.82, 2.24) is 9.97 Å². The first-order valence-corrected chi connectivity index (χ1v) is 7.46. The molecule has 0 atom stereocenters. The largest absolute Gasteiger partial charge is 0.340 e. The molecule has 0 amide bonds. The van der Waals surface area contributed by atoms with Gasteiger partial charge in [0.1, 0.15) is 12.1 Å². The number of anilines is 2. The molecule has 1 aromatic heterocycles. The molecule has 0 spiro atoms. The van der Waals surface area contributed by atoms with E-state index in [1.54, 1.807) is 0 Å². The zero-order chi connectivity index (χ0) is 13.9. The second-order valence-electron chi connectivity index (χ2n) is 4.04. The van der Waals surface area contributed by atoms with Crippen molar-refractivity contribution in [2.75, 3.05) is 11.6 Å². The smallest absolute Gasteiger partial charge is 0.192 e. The first-order valence-electron chi connectivity index (χ1n) is 5.57. The Morgan fingerprint density at radius 2 is 2.05 bits per heavy atom. The number of rotatable bonds is 4. The van der Waals surface area contributed by atoms with Crippen LogP contribution >= 0.6 is 0 Å². The van der Waals surface area contributed by atoms with E-state index in [9.17, 15) is 8.42 Å². The van der Waals surface area contributed by atoms with Crippen molar-refractivity contribution in [1.29, 1.82) is 0 Å². The maximum Gasteiger partial charge on any atom is 0.192 e. The van der Waals surface area contributed by atoms with Crippen LogP contribution in [0.4, 0.5) is 11.5 Å². The summed E-state index contributed by atoms with van der Waals surface area (Å²) in [6.07, 6.45) is 2.32. The summed E-state index contributed by atoms with van der Waals surface area (Å²) < 4.78 is 22.8. The van der Waals surface area contributed by atoms with Crippen molar-refractivity contribution >= 4 is 21.3 Å². The van der Waals surface area contributed by atoms with Crippen LogP contribution in [-0.4, -0.2) is 24.6 Å². The fourth-order valence-corrected chi connectivity index (χ4v) is 2.10. The molecule has 1 heterocycles. The van der Waals surface area contributed by atoms with Gasteiger partial charge in [0.25, 0.3) is 0 Å². The van der Waals surface area contributed by atoms with Crippen LogP contribution in [0, 0.1) is 0 Å². The average molecular weight is 278 g/mol. The molecule has 6 nitrogen and oxygen atoms in total. The molecule has 0 bridgehead atoms. The molecule has 100 valence electrons. The zero-order valence-electron chi connectivity index (χ0n) is 10.4. The third-order valence-corrected chi connectivity index (χ3v) is 3.44. The van der Waals surface area contributed by atoms with Crippen LogP contribution in [0.2, 0.25) is 0 Å². The van der Waals surface area contributed by atoms with Gasteiger partial charge in [-0.25, -0.2) is 18.4 Å². The Morgan fingerprint density at radius 3 is 2.74 bits per heavy atom. The molecular formula is C12H14N4O2S. The Hall–Kier alpha value is -1.99. The molecule has 0 saturated heterocycles. The molecule has 0 radical (unpaired) electrons. The van der Waals surface area contributed by atoms with Gasteiger partial charge in [-0.2, -0.15) is 0 Å². The number of nitrogens with one attached hydrogen (secondary N) is 1. The van der Waals surface area contributed by atoms with Crippen molar-refractivity contribution < 1.29 is 8.42 Å². The molecule has 0 unspecified atom stereocenters. The summed E-state index contributed by atoms with van der Waals surface area (Å²) in [5, 5.41) is 3.01. The number of hydrogen-bond acceptors (Lipinski definition) is 6. The Morgan fingerprint density at radius 1 is 1.26 bits per heavy atom. The molecule has 19 heavy (non-hydrogen) atoms. The van der Waals surface area contributed by atoms with Crippen molar-refractivity contribution in [3.63, 3.8) is 0 Å². The van der Waals surface area contributed by atoms with Gasteiger partial charge in [0.15, 0.2) is 14.9 Å². The quantitative estimate of drug-likeness (QED) is 0.812. The molecular weight excluding hydrogens is 264 g/mol. The standard InChI is InChI=1S/C12H14N4O2S/c1-19(17,18)12-6-11(14-8-15-12)16-10-4-2-3-9(5-10)7-13/h2-6,8H,7,13H2,1H3,(H,14,15,16). The van der Waals surface area contributed by atoms with Gasteiger partial charge in [0, 0.05) is 24.6 Å². The van der Waals surface area contributed by atoms with E-state index >= 15 is 0 Å². The number of aromatic nitrogens is 2. The average Bonchev–Trinajstić information content (AvgIpc) is 2.38. The molecule has 1 aromatic carbocycles. The second-order valence-corrected chi connectivity index (χ2v) is 6.01. The Labute approximate surface area is 111 Å². The normalized spacial score (nSPS) is 11.3. The van der Waals surface area contributed by atoms with Gasteiger partial charge in [-0.1, -0.05) is 12.1 Å². The highest BCUT2D eigenvalue weighted by Gasteiger charge is 2.10. The topological polar surface area (TPSA) is 98.0 Å². The number of hydrogen-bond donors (Lipinski definition) is 2. The van der Waals surface area contributed by atoms with E-state index in [0.717, 1.165) is 17.5 Å². The molecule has 0 aliphatic carbocycles. The van der Waals surface area contributed by atoms with Crippen LogP contribution in [0.3, 0.4) is 0 Å². The van der Waals surface area contributed by atoms with E-state index in [1.165, 1.54) is 12.4 Å². The van der Waals surface area contributed by atoms with E-state index in [4.69, 9.17) is 5.73 Å². The molecule has 7 heteroatoms. The predicted molar refractivity (Wildman–Crippen MR) is 72.8 cm³/mol. The minimum atomic E-state index is -3.34. The fourth-order valence-electron chi connectivity index (χ4n) is 1.53. The van der Waals surface area contributed by atoms with Gasteiger partial charge in [-0.3, -0.25) is 0 Å². The minimum absolute atomic E-state index is 0.0139. The summed E-state index contributed by atoms with van der Waals surface area (Å²) in [6, 6.07) is 8.89. The Balaban J connectivity index is 2.28. The molecule has 2 aromatic rings. The van der Waals surface area contributed by atoms with E-state index < -0.39 is 9.84 Å². The van der Waals surface area contributed by atoms with E-state index in [0.29, 0.717) is 12.4 Å². The summed E-state index contributed by atoms with van der Waals surface area (Å²) in [7, 11) is -3.34. The van der Waals surface area contributed by atoms with E-state index in [2.05, 4.69) is 15.3 Å². The summed E-state index contributed by atoms with van der Waals surface area (Å²) in [4.78, 5) is 7.71. The van der Waals surface area contributed by atoms with E-state index in [1.807, 2.05) is 24.3 Å². The van der Waals surface area contributed by atoms with Gasteiger partial charge in [-0.05, 0) is 17.7 Å². The lowest BCUT2D eigenvalue weighted by Gasteiger charge is -2.07. The van der Waals surface area contributed by atoms with Gasteiger partial charge in [0.2, 0.25) is 0 Å². The van der Waals surface area contributed by atoms with Crippen molar-refractivity contribution in [3.05, 3.63) is 42.2 Å². The van der Waals surface area contributed by atoms with Crippen molar-refractivity contribution in [2.45, 2.75) is 11.6 Å². The van der Waals surface area contributed by atoms with Crippen LogP contribution in [-0.2, 0) is 16.4 Å². The summed E-state index contributed by atoms with van der Waals surface area (Å²) in [5.41, 5.74) is 7.33. The zero-order valence-corrected chi connectivity index (χ0v) is 11.2. The Bertz CT molecular complexity index is 686. The Kier molecular flexibility index (Phi) is 3.77. The molecule has 2 rings (SSSR count). The van der Waals surface area contributed by atoms with Crippen molar-refractivity contribution in [3.8, 4) is 0 Å². The molecule has 0 aliphatic rings. The van der Waals surface area contributed by atoms with Crippen LogP contribution in [0.25, 0.3) is 0 Å². The first-order chi connectivity index (χ1) is 8.99. The molecule has 0 fully saturated rings. The van der Waals surface area contributed by atoms with Crippen molar-refractivity contribution in [2.24, 2.45) is 5.73 Å². The summed E-state index contributed by atoms with van der Waals surface area (Å²) in [5.74, 6) is 0.421. The summed E-state index contributed by atoms with van der Waals surface area (Å²) >= 11 is 0. The fraction of sp³-hybridized carbons (Fsp3) is 0.167. The number of nitrogens with two attached hydrogens (primary N) is 1. The third-order valence-electron chi connectivity index (χ3n) is 2.46. The lowest BCUT2D eigenvalue weighted by Crippen LogP contribution is -2.03. The maximum atomic E-state index is 11.4.